The lowest BCUT2D eigenvalue weighted by Gasteiger charge is -2.06. The van der Waals surface area contributed by atoms with Crippen LogP contribution in [-0.2, 0) is 15.6 Å². The van der Waals surface area contributed by atoms with Crippen LogP contribution in [0.3, 0.4) is 0 Å². The lowest BCUT2D eigenvalue weighted by Crippen LogP contribution is -2.16. The van der Waals surface area contributed by atoms with E-state index < -0.39 is 16.6 Å². The molecule has 0 fully saturated rings. The van der Waals surface area contributed by atoms with Crippen molar-refractivity contribution >= 4 is 28.1 Å². The van der Waals surface area contributed by atoms with E-state index in [0.29, 0.717) is 17.2 Å². The predicted molar refractivity (Wildman–Crippen MR) is 81.5 cm³/mol. The number of amides is 1. The van der Waals surface area contributed by atoms with Crippen LogP contribution in [0.5, 0.6) is 0 Å². The molecular formula is C14H21FN2O2S. The molecule has 1 atom stereocenters. The Balaban J connectivity index is 2.32. The number of hydrogen-bond acceptors (Lipinski definition) is 3. The summed E-state index contributed by atoms with van der Waals surface area (Å²) in [5.74, 6) is 0.247. The summed E-state index contributed by atoms with van der Waals surface area (Å²) in [7, 11) is -0.954. The molecule has 4 nitrogen and oxygen atoms in total. The van der Waals surface area contributed by atoms with Crippen LogP contribution in [0.2, 0.25) is 0 Å². The number of rotatable bonds is 8. The van der Waals surface area contributed by atoms with Gasteiger partial charge in [-0.05, 0) is 24.6 Å². The molecule has 20 heavy (non-hydrogen) atoms. The molecule has 0 aliphatic rings. The molecule has 1 rings (SSSR count). The van der Waals surface area contributed by atoms with Crippen molar-refractivity contribution < 1.29 is 13.4 Å². The number of anilines is 2. The highest BCUT2D eigenvalue weighted by molar-refractivity contribution is 7.84. The number of nitrogen functional groups attached to an aromatic ring is 1. The summed E-state index contributed by atoms with van der Waals surface area (Å²) in [6.45, 7) is 2.09. The van der Waals surface area contributed by atoms with E-state index in [2.05, 4.69) is 12.2 Å². The van der Waals surface area contributed by atoms with Crippen molar-refractivity contribution in [3.63, 3.8) is 0 Å². The number of halogens is 1. The van der Waals surface area contributed by atoms with Crippen molar-refractivity contribution in [1.29, 1.82) is 0 Å². The number of benzene rings is 1. The van der Waals surface area contributed by atoms with Crippen molar-refractivity contribution in [1.82, 2.24) is 0 Å². The third-order valence-electron chi connectivity index (χ3n) is 2.81. The summed E-state index contributed by atoms with van der Waals surface area (Å²) in [4.78, 5) is 11.7. The van der Waals surface area contributed by atoms with Crippen LogP contribution < -0.4 is 11.1 Å². The molecule has 1 unspecified atom stereocenters. The number of unbranched alkanes of at least 4 members (excludes halogenated alkanes) is 2. The molecular weight excluding hydrogens is 279 g/mol. The van der Waals surface area contributed by atoms with Gasteiger partial charge in [-0.2, -0.15) is 0 Å². The topological polar surface area (TPSA) is 72.2 Å². The first-order chi connectivity index (χ1) is 9.52. The number of carbonyl (C=O) groups excluding carboxylic acids is 1. The zero-order chi connectivity index (χ0) is 15.0. The van der Waals surface area contributed by atoms with Crippen molar-refractivity contribution in [3.05, 3.63) is 24.0 Å². The molecule has 0 saturated heterocycles. The Hall–Kier alpha value is -1.43. The molecule has 1 aromatic rings. The van der Waals surface area contributed by atoms with Crippen LogP contribution in [0.25, 0.3) is 0 Å². The molecule has 0 saturated carbocycles. The van der Waals surface area contributed by atoms with Crippen LogP contribution in [0.4, 0.5) is 15.8 Å². The lowest BCUT2D eigenvalue weighted by atomic mass is 10.2. The second kappa shape index (κ2) is 8.68. The van der Waals surface area contributed by atoms with Crippen molar-refractivity contribution in [2.24, 2.45) is 0 Å². The number of nitrogens with two attached hydrogens (primary N) is 1. The average Bonchev–Trinajstić information content (AvgIpc) is 2.41. The van der Waals surface area contributed by atoms with Gasteiger partial charge in [0, 0.05) is 34.4 Å². The maximum Gasteiger partial charge on any atom is 0.225 e. The molecule has 0 aromatic heterocycles. The largest absolute Gasteiger partial charge is 0.396 e. The molecule has 3 N–H and O–H groups in total. The minimum Gasteiger partial charge on any atom is -0.396 e. The van der Waals surface area contributed by atoms with Gasteiger partial charge in [0.15, 0.2) is 0 Å². The smallest absolute Gasteiger partial charge is 0.225 e. The van der Waals surface area contributed by atoms with Crippen molar-refractivity contribution in [2.75, 3.05) is 22.6 Å². The minimum atomic E-state index is -0.954. The first kappa shape index (κ1) is 16.6. The molecule has 0 radical (unpaired) electrons. The Labute approximate surface area is 121 Å². The van der Waals surface area contributed by atoms with Gasteiger partial charge in [-0.25, -0.2) is 4.39 Å². The van der Waals surface area contributed by atoms with Gasteiger partial charge in [0.1, 0.15) is 5.82 Å². The van der Waals surface area contributed by atoms with Gasteiger partial charge in [-0.3, -0.25) is 9.00 Å². The SMILES string of the molecule is CCCCCS(=O)CCC(=O)Nc1ccc(F)c(N)c1. The van der Waals surface area contributed by atoms with Gasteiger partial charge in [0.25, 0.3) is 0 Å². The third-order valence-corrected chi connectivity index (χ3v) is 4.22. The van der Waals surface area contributed by atoms with Crippen molar-refractivity contribution in [3.8, 4) is 0 Å². The van der Waals surface area contributed by atoms with Crippen LogP contribution in [-0.4, -0.2) is 21.6 Å². The number of nitrogens with one attached hydrogen (secondary N) is 1. The molecule has 0 spiro atoms. The van der Waals surface area contributed by atoms with E-state index in [1.54, 1.807) is 0 Å². The van der Waals surface area contributed by atoms with Gasteiger partial charge in [-0.1, -0.05) is 19.8 Å². The lowest BCUT2D eigenvalue weighted by molar-refractivity contribution is -0.115. The predicted octanol–water partition coefficient (Wildman–Crippen LogP) is 2.68. The first-order valence-electron chi connectivity index (χ1n) is 6.72. The van der Waals surface area contributed by atoms with E-state index >= 15 is 0 Å². The standard InChI is InChI=1S/C14H21FN2O2S/c1-2-3-4-8-20(19)9-7-14(18)17-11-5-6-12(15)13(16)10-11/h5-6,10H,2-4,7-9,16H2,1H3,(H,17,18). The quantitative estimate of drug-likeness (QED) is 0.572. The van der Waals surface area contributed by atoms with Crippen LogP contribution in [0.1, 0.15) is 32.6 Å². The van der Waals surface area contributed by atoms with E-state index in [9.17, 15) is 13.4 Å². The zero-order valence-corrected chi connectivity index (χ0v) is 12.5. The fourth-order valence-electron chi connectivity index (χ4n) is 1.67. The summed E-state index contributed by atoms with van der Waals surface area (Å²) in [6.07, 6.45) is 3.27. The summed E-state index contributed by atoms with van der Waals surface area (Å²) < 4.78 is 24.6. The fourth-order valence-corrected chi connectivity index (χ4v) is 2.81. The highest BCUT2D eigenvalue weighted by Gasteiger charge is 2.07. The zero-order valence-electron chi connectivity index (χ0n) is 11.7. The maximum atomic E-state index is 13.0. The van der Waals surface area contributed by atoms with E-state index in [4.69, 9.17) is 5.73 Å². The highest BCUT2D eigenvalue weighted by atomic mass is 32.2. The Morgan fingerprint density at radius 1 is 1.35 bits per heavy atom. The normalized spacial score (nSPS) is 12.1. The van der Waals surface area contributed by atoms with Gasteiger partial charge in [-0.15, -0.1) is 0 Å². The average molecular weight is 300 g/mol. The van der Waals surface area contributed by atoms with E-state index in [1.165, 1.54) is 18.2 Å². The van der Waals surface area contributed by atoms with Crippen LogP contribution in [0.15, 0.2) is 18.2 Å². The summed E-state index contributed by atoms with van der Waals surface area (Å²) in [5.41, 5.74) is 5.85. The summed E-state index contributed by atoms with van der Waals surface area (Å²) in [5, 5.41) is 2.61. The maximum absolute atomic E-state index is 13.0. The second-order valence-corrected chi connectivity index (χ2v) is 6.29. The summed E-state index contributed by atoms with van der Waals surface area (Å²) in [6, 6.07) is 4.01. The first-order valence-corrected chi connectivity index (χ1v) is 8.21. The third kappa shape index (κ3) is 6.14. The van der Waals surface area contributed by atoms with Gasteiger partial charge >= 0.3 is 0 Å². The molecule has 112 valence electrons. The Kier molecular flexibility index (Phi) is 7.22. The number of hydrogen-bond donors (Lipinski definition) is 2. The van der Waals surface area contributed by atoms with Crippen LogP contribution >= 0.6 is 0 Å². The molecule has 0 heterocycles. The monoisotopic (exact) mass is 300 g/mol. The molecule has 1 amide bonds. The van der Waals surface area contributed by atoms with Crippen molar-refractivity contribution in [2.45, 2.75) is 32.6 Å². The van der Waals surface area contributed by atoms with E-state index in [0.717, 1.165) is 19.3 Å². The highest BCUT2D eigenvalue weighted by Crippen LogP contribution is 2.16. The minimum absolute atomic E-state index is 0.00839. The van der Waals surface area contributed by atoms with E-state index in [1.807, 2.05) is 0 Å². The van der Waals surface area contributed by atoms with Gasteiger partial charge in [0.05, 0.1) is 5.69 Å². The Bertz CT molecular complexity index is 480. The summed E-state index contributed by atoms with van der Waals surface area (Å²) >= 11 is 0. The molecule has 0 aliphatic heterocycles. The molecule has 1 aromatic carbocycles. The molecule has 0 aliphatic carbocycles. The number of carbonyl (C=O) groups is 1. The van der Waals surface area contributed by atoms with E-state index in [-0.39, 0.29) is 18.0 Å². The van der Waals surface area contributed by atoms with Crippen LogP contribution in [0, 0.1) is 5.82 Å². The molecule has 6 heteroatoms. The van der Waals surface area contributed by atoms with Gasteiger partial charge in [0.2, 0.25) is 5.91 Å². The second-order valence-electron chi connectivity index (χ2n) is 4.59. The Morgan fingerprint density at radius 3 is 2.75 bits per heavy atom. The fraction of sp³-hybridized carbons (Fsp3) is 0.500. The Morgan fingerprint density at radius 2 is 2.10 bits per heavy atom. The molecule has 0 bridgehead atoms. The van der Waals surface area contributed by atoms with Gasteiger partial charge < -0.3 is 11.1 Å².